The van der Waals surface area contributed by atoms with E-state index in [1.54, 1.807) is 17.5 Å². The fourth-order valence-corrected chi connectivity index (χ4v) is 5.03. The molecule has 1 N–H and O–H groups in total. The van der Waals surface area contributed by atoms with Crippen LogP contribution < -0.4 is 4.72 Å². The maximum atomic E-state index is 12.4. The molecule has 4 rings (SSSR count). The highest BCUT2D eigenvalue weighted by Gasteiger charge is 2.21. The van der Waals surface area contributed by atoms with Gasteiger partial charge >= 0.3 is 0 Å². The Kier molecular flexibility index (Phi) is 4.07. The van der Waals surface area contributed by atoms with E-state index in [0.717, 1.165) is 28.4 Å². The molecule has 1 aliphatic rings. The van der Waals surface area contributed by atoms with Crippen molar-refractivity contribution in [3.63, 3.8) is 0 Å². The third-order valence-electron chi connectivity index (χ3n) is 4.23. The molecule has 0 saturated carbocycles. The van der Waals surface area contributed by atoms with Crippen LogP contribution in [-0.2, 0) is 16.6 Å². The Morgan fingerprint density at radius 2 is 2.00 bits per heavy atom. The van der Waals surface area contributed by atoms with E-state index in [1.807, 2.05) is 31.2 Å². The SMILES string of the molecule is Cc1ccc2n1-c1ccccc1CN=C2CNS(=O)(=O)c1cccs1. The lowest BCUT2D eigenvalue weighted by Gasteiger charge is -2.13. The van der Waals surface area contributed by atoms with Gasteiger partial charge in [0, 0.05) is 5.69 Å². The largest absolute Gasteiger partial charge is 0.312 e. The number of thiophene rings is 1. The second kappa shape index (κ2) is 6.25. The number of rotatable bonds is 4. The highest BCUT2D eigenvalue weighted by Crippen LogP contribution is 2.25. The van der Waals surface area contributed by atoms with Crippen molar-refractivity contribution in [2.45, 2.75) is 17.7 Å². The van der Waals surface area contributed by atoms with Crippen molar-refractivity contribution in [3.8, 4) is 5.69 Å². The summed E-state index contributed by atoms with van der Waals surface area (Å²) in [6.07, 6.45) is 0. The second-order valence-corrected chi connectivity index (χ2v) is 8.79. The number of sulfonamides is 1. The highest BCUT2D eigenvalue weighted by atomic mass is 32.2. The number of hydrogen-bond donors (Lipinski definition) is 1. The minimum Gasteiger partial charge on any atom is -0.312 e. The Morgan fingerprint density at radius 1 is 1.16 bits per heavy atom. The topological polar surface area (TPSA) is 63.5 Å². The summed E-state index contributed by atoms with van der Waals surface area (Å²) in [5.74, 6) is 0. The standard InChI is InChI=1S/C18H17N3O2S2/c1-13-8-9-17-15(12-20-25(22,23)18-7-4-10-24-18)19-11-14-5-2-3-6-16(14)21(13)17/h2-10,20H,11-12H2,1H3. The van der Waals surface area contributed by atoms with Crippen LogP contribution in [0.4, 0.5) is 0 Å². The van der Waals surface area contributed by atoms with Crippen LogP contribution in [0.15, 0.2) is 63.1 Å². The van der Waals surface area contributed by atoms with Crippen molar-refractivity contribution < 1.29 is 8.42 Å². The van der Waals surface area contributed by atoms with Crippen molar-refractivity contribution in [2.75, 3.05) is 6.54 Å². The van der Waals surface area contributed by atoms with E-state index < -0.39 is 10.0 Å². The van der Waals surface area contributed by atoms with E-state index in [4.69, 9.17) is 0 Å². The summed E-state index contributed by atoms with van der Waals surface area (Å²) in [6, 6.07) is 15.5. The van der Waals surface area contributed by atoms with E-state index in [2.05, 4.69) is 26.4 Å². The quantitative estimate of drug-likeness (QED) is 0.766. The lowest BCUT2D eigenvalue weighted by molar-refractivity contribution is 0.588. The maximum Gasteiger partial charge on any atom is 0.250 e. The zero-order valence-electron chi connectivity index (χ0n) is 13.6. The molecule has 0 radical (unpaired) electrons. The fraction of sp³-hybridized carbons (Fsp3) is 0.167. The number of aromatic nitrogens is 1. The average Bonchev–Trinajstić information content (AvgIpc) is 3.23. The summed E-state index contributed by atoms with van der Waals surface area (Å²) in [7, 11) is -3.51. The molecule has 2 aromatic heterocycles. The number of aliphatic imine (C=N–C) groups is 1. The van der Waals surface area contributed by atoms with Crippen LogP contribution in [-0.4, -0.2) is 25.2 Å². The number of benzene rings is 1. The zero-order valence-corrected chi connectivity index (χ0v) is 15.3. The predicted octanol–water partition coefficient (Wildman–Crippen LogP) is 3.13. The maximum absolute atomic E-state index is 12.4. The van der Waals surface area contributed by atoms with Crippen LogP contribution in [0.3, 0.4) is 0 Å². The van der Waals surface area contributed by atoms with E-state index in [1.165, 1.54) is 11.3 Å². The second-order valence-electron chi connectivity index (χ2n) is 5.84. The molecule has 25 heavy (non-hydrogen) atoms. The smallest absolute Gasteiger partial charge is 0.250 e. The summed E-state index contributed by atoms with van der Waals surface area (Å²) < 4.78 is 29.9. The number of para-hydroxylation sites is 1. The third kappa shape index (κ3) is 2.95. The third-order valence-corrected chi connectivity index (χ3v) is 7.03. The van der Waals surface area contributed by atoms with E-state index >= 15 is 0 Å². The van der Waals surface area contributed by atoms with Gasteiger partial charge in [0.1, 0.15) is 4.21 Å². The first-order chi connectivity index (χ1) is 12.1. The Bertz CT molecular complexity index is 1050. The summed E-state index contributed by atoms with van der Waals surface area (Å²) in [4.78, 5) is 4.68. The van der Waals surface area contributed by atoms with Crippen molar-refractivity contribution in [1.82, 2.24) is 9.29 Å². The van der Waals surface area contributed by atoms with Gasteiger partial charge in [-0.2, -0.15) is 0 Å². The molecule has 3 aromatic rings. The minimum atomic E-state index is -3.51. The van der Waals surface area contributed by atoms with E-state index in [9.17, 15) is 8.42 Å². The number of aryl methyl sites for hydroxylation is 1. The van der Waals surface area contributed by atoms with Crippen LogP contribution in [0.1, 0.15) is 17.0 Å². The molecular weight excluding hydrogens is 354 g/mol. The minimum absolute atomic E-state index is 0.164. The van der Waals surface area contributed by atoms with Gasteiger partial charge in [-0.15, -0.1) is 11.3 Å². The van der Waals surface area contributed by atoms with Gasteiger partial charge in [-0.25, -0.2) is 13.1 Å². The number of fused-ring (bicyclic) bond motifs is 3. The molecule has 1 aromatic carbocycles. The molecular formula is C18H17N3O2S2. The van der Waals surface area contributed by atoms with E-state index in [-0.39, 0.29) is 6.54 Å². The zero-order chi connectivity index (χ0) is 17.4. The van der Waals surface area contributed by atoms with Gasteiger partial charge in [-0.1, -0.05) is 24.3 Å². The normalized spacial score (nSPS) is 13.7. The Balaban J connectivity index is 1.69. The molecule has 0 fully saturated rings. The lowest BCUT2D eigenvalue weighted by Crippen LogP contribution is -2.30. The molecule has 0 aliphatic carbocycles. The first-order valence-corrected chi connectivity index (χ1v) is 10.3. The molecule has 0 spiro atoms. The van der Waals surface area contributed by atoms with Gasteiger partial charge in [0.15, 0.2) is 0 Å². The average molecular weight is 371 g/mol. The van der Waals surface area contributed by atoms with Crippen LogP contribution >= 0.6 is 11.3 Å². The van der Waals surface area contributed by atoms with Crippen molar-refractivity contribution in [3.05, 3.63) is 70.9 Å². The molecule has 7 heteroatoms. The fourth-order valence-electron chi connectivity index (χ4n) is 3.01. The molecule has 3 heterocycles. The van der Waals surface area contributed by atoms with Crippen LogP contribution in [0.5, 0.6) is 0 Å². The summed E-state index contributed by atoms with van der Waals surface area (Å²) in [5, 5.41) is 1.75. The van der Waals surface area contributed by atoms with Crippen molar-refractivity contribution in [2.24, 2.45) is 4.99 Å². The van der Waals surface area contributed by atoms with Gasteiger partial charge in [-0.3, -0.25) is 4.99 Å². The van der Waals surface area contributed by atoms with Crippen molar-refractivity contribution >= 4 is 27.1 Å². The van der Waals surface area contributed by atoms with Gasteiger partial charge < -0.3 is 4.57 Å². The molecule has 1 aliphatic heterocycles. The Morgan fingerprint density at radius 3 is 2.80 bits per heavy atom. The first-order valence-electron chi connectivity index (χ1n) is 7.90. The van der Waals surface area contributed by atoms with Gasteiger partial charge in [-0.05, 0) is 42.1 Å². The predicted molar refractivity (Wildman–Crippen MR) is 100 cm³/mol. The Hall–Kier alpha value is -2.22. The van der Waals surface area contributed by atoms with Crippen LogP contribution in [0.2, 0.25) is 0 Å². The van der Waals surface area contributed by atoms with Gasteiger partial charge in [0.05, 0.1) is 30.2 Å². The van der Waals surface area contributed by atoms with Gasteiger partial charge in [0.25, 0.3) is 0 Å². The molecule has 0 unspecified atom stereocenters. The monoisotopic (exact) mass is 371 g/mol. The Labute approximate surface area is 150 Å². The first kappa shape index (κ1) is 16.3. The number of hydrogen-bond acceptors (Lipinski definition) is 4. The van der Waals surface area contributed by atoms with Crippen LogP contribution in [0.25, 0.3) is 5.69 Å². The summed E-state index contributed by atoms with van der Waals surface area (Å²) in [5.41, 5.74) is 4.98. The molecule has 128 valence electrons. The highest BCUT2D eigenvalue weighted by molar-refractivity contribution is 7.91. The van der Waals surface area contributed by atoms with Gasteiger partial charge in [0.2, 0.25) is 10.0 Å². The summed E-state index contributed by atoms with van der Waals surface area (Å²) >= 11 is 1.20. The van der Waals surface area contributed by atoms with E-state index in [0.29, 0.717) is 10.8 Å². The molecule has 5 nitrogen and oxygen atoms in total. The molecule has 0 saturated heterocycles. The number of nitrogens with one attached hydrogen (secondary N) is 1. The summed E-state index contributed by atoms with van der Waals surface area (Å²) in [6.45, 7) is 2.74. The molecule has 0 bridgehead atoms. The number of nitrogens with zero attached hydrogens (tertiary/aromatic N) is 2. The molecule has 0 amide bonds. The molecule has 0 atom stereocenters. The lowest BCUT2D eigenvalue weighted by atomic mass is 10.1. The van der Waals surface area contributed by atoms with Crippen LogP contribution in [0, 0.1) is 6.92 Å². The van der Waals surface area contributed by atoms with Crippen molar-refractivity contribution in [1.29, 1.82) is 0 Å².